The molecule has 66 valence electrons. The number of benzene rings is 1. The van der Waals surface area contributed by atoms with Crippen LogP contribution < -0.4 is 5.73 Å². The molecule has 0 aromatic heterocycles. The Morgan fingerprint density at radius 2 is 2.25 bits per heavy atom. The molecule has 0 heterocycles. The van der Waals surface area contributed by atoms with E-state index in [-0.39, 0.29) is 0 Å². The van der Waals surface area contributed by atoms with E-state index in [1.807, 2.05) is 0 Å². The number of hydrogen-bond acceptors (Lipinski definition) is 2. The van der Waals surface area contributed by atoms with Gasteiger partial charge in [0, 0.05) is 33.5 Å². The van der Waals surface area contributed by atoms with Crippen molar-refractivity contribution in [1.29, 1.82) is 0 Å². The summed E-state index contributed by atoms with van der Waals surface area (Å²) in [6.07, 6.45) is 1.64. The van der Waals surface area contributed by atoms with Crippen LogP contribution in [-0.4, -0.2) is 10.5 Å². The quantitative estimate of drug-likeness (QED) is 0.745. The predicted molar refractivity (Wildman–Crippen MR) is 53.6 cm³/mol. The third-order valence-corrected chi connectivity index (χ3v) is 2.51. The fourth-order valence-corrected chi connectivity index (χ4v) is 1.86. The van der Waals surface area contributed by atoms with Crippen molar-refractivity contribution in [2.45, 2.75) is 5.75 Å². The van der Waals surface area contributed by atoms with Gasteiger partial charge in [0.2, 0.25) is 0 Å². The summed E-state index contributed by atoms with van der Waals surface area (Å²) in [5.41, 5.74) is 7.04. The fraction of sp³-hybridized carbons (Fsp3) is 0.250. The van der Waals surface area contributed by atoms with Crippen LogP contribution in [0, 0.1) is 0 Å². The number of hydrogen-bond donors (Lipinski definition) is 1. The Bertz CT molecular complexity index is 314. The van der Waals surface area contributed by atoms with Crippen LogP contribution in [0.25, 0.3) is 0 Å². The van der Waals surface area contributed by atoms with Gasteiger partial charge in [-0.1, -0.05) is 11.6 Å². The highest BCUT2D eigenvalue weighted by Gasteiger charge is 2.02. The number of nitrogen functional groups attached to an aromatic ring is 1. The molecule has 0 aliphatic heterocycles. The molecule has 0 aliphatic carbocycles. The maximum Gasteiger partial charge on any atom is 0.0498 e. The third-order valence-electron chi connectivity index (χ3n) is 1.43. The second-order valence-corrected chi connectivity index (χ2v) is 4.41. The Kier molecular flexibility index (Phi) is 3.12. The van der Waals surface area contributed by atoms with Crippen molar-refractivity contribution in [2.75, 3.05) is 12.0 Å². The Labute approximate surface area is 79.2 Å². The molecule has 0 saturated carbocycles. The van der Waals surface area contributed by atoms with Gasteiger partial charge < -0.3 is 5.73 Å². The van der Waals surface area contributed by atoms with Gasteiger partial charge in [-0.15, -0.1) is 0 Å². The molecule has 4 heteroatoms. The summed E-state index contributed by atoms with van der Waals surface area (Å²) < 4.78 is 10.9. The first-order valence-corrected chi connectivity index (χ1v) is 5.54. The molecule has 0 fully saturated rings. The minimum absolute atomic E-state index is 0.462. The van der Waals surface area contributed by atoms with Crippen LogP contribution in [0.3, 0.4) is 0 Å². The van der Waals surface area contributed by atoms with Crippen LogP contribution in [-0.2, 0) is 16.6 Å². The minimum atomic E-state index is -0.875. The Morgan fingerprint density at radius 1 is 1.58 bits per heavy atom. The SMILES string of the molecule is C[S@@](=O)Cc1cc(N)ccc1Cl. The zero-order valence-corrected chi connectivity index (χ0v) is 8.28. The van der Waals surface area contributed by atoms with Crippen molar-refractivity contribution in [3.05, 3.63) is 28.8 Å². The van der Waals surface area contributed by atoms with E-state index < -0.39 is 10.8 Å². The maximum absolute atomic E-state index is 10.9. The Balaban J connectivity index is 2.97. The van der Waals surface area contributed by atoms with Crippen LogP contribution in [0.1, 0.15) is 5.56 Å². The molecule has 1 aromatic rings. The molecule has 0 aliphatic rings. The van der Waals surface area contributed by atoms with E-state index in [9.17, 15) is 4.21 Å². The van der Waals surface area contributed by atoms with Gasteiger partial charge in [0.1, 0.15) is 0 Å². The van der Waals surface area contributed by atoms with E-state index >= 15 is 0 Å². The monoisotopic (exact) mass is 203 g/mol. The van der Waals surface area contributed by atoms with Crippen LogP contribution in [0.5, 0.6) is 0 Å². The van der Waals surface area contributed by atoms with Crippen molar-refractivity contribution >= 4 is 28.1 Å². The fourth-order valence-electron chi connectivity index (χ4n) is 0.924. The van der Waals surface area contributed by atoms with E-state index in [1.54, 1.807) is 24.5 Å². The molecule has 0 bridgehead atoms. The Morgan fingerprint density at radius 3 is 2.83 bits per heavy atom. The van der Waals surface area contributed by atoms with Gasteiger partial charge in [0.25, 0.3) is 0 Å². The first kappa shape index (κ1) is 9.55. The average molecular weight is 204 g/mol. The lowest BCUT2D eigenvalue weighted by Gasteiger charge is -2.02. The smallest absolute Gasteiger partial charge is 0.0498 e. The molecular formula is C8H10ClNOS. The van der Waals surface area contributed by atoms with Crippen molar-refractivity contribution in [1.82, 2.24) is 0 Å². The van der Waals surface area contributed by atoms with Gasteiger partial charge in [-0.2, -0.15) is 0 Å². The topological polar surface area (TPSA) is 43.1 Å². The van der Waals surface area contributed by atoms with Crippen molar-refractivity contribution in [2.24, 2.45) is 0 Å². The van der Waals surface area contributed by atoms with Crippen molar-refractivity contribution < 1.29 is 4.21 Å². The molecular weight excluding hydrogens is 194 g/mol. The molecule has 1 atom stereocenters. The molecule has 2 N–H and O–H groups in total. The standard InChI is InChI=1S/C8H10ClNOS/c1-12(11)5-6-4-7(10)2-3-8(6)9/h2-4H,5,10H2,1H3/t12-/m1/s1. The van der Waals surface area contributed by atoms with Gasteiger partial charge in [-0.3, -0.25) is 4.21 Å². The van der Waals surface area contributed by atoms with Gasteiger partial charge in [-0.25, -0.2) is 0 Å². The largest absolute Gasteiger partial charge is 0.399 e. The lowest BCUT2D eigenvalue weighted by Crippen LogP contribution is -1.95. The highest BCUT2D eigenvalue weighted by molar-refractivity contribution is 7.83. The molecule has 0 unspecified atom stereocenters. The summed E-state index contributed by atoms with van der Waals surface area (Å²) in [4.78, 5) is 0. The van der Waals surface area contributed by atoms with Gasteiger partial charge in [-0.05, 0) is 23.8 Å². The summed E-state index contributed by atoms with van der Waals surface area (Å²) in [5, 5.41) is 0.624. The first-order chi connectivity index (χ1) is 5.59. The lowest BCUT2D eigenvalue weighted by molar-refractivity contribution is 0.686. The number of nitrogens with two attached hydrogens (primary N) is 1. The average Bonchev–Trinajstić information content (AvgIpc) is 1.96. The maximum atomic E-state index is 10.9. The Hall–Kier alpha value is -0.540. The number of halogens is 1. The van der Waals surface area contributed by atoms with Crippen LogP contribution >= 0.6 is 11.6 Å². The molecule has 1 rings (SSSR count). The van der Waals surface area contributed by atoms with E-state index in [2.05, 4.69) is 0 Å². The molecule has 1 aromatic carbocycles. The van der Waals surface area contributed by atoms with E-state index in [0.717, 1.165) is 5.56 Å². The number of rotatable bonds is 2. The highest BCUT2D eigenvalue weighted by atomic mass is 35.5. The highest BCUT2D eigenvalue weighted by Crippen LogP contribution is 2.19. The summed E-state index contributed by atoms with van der Waals surface area (Å²) in [6, 6.07) is 5.20. The first-order valence-electron chi connectivity index (χ1n) is 3.43. The predicted octanol–water partition coefficient (Wildman–Crippen LogP) is 1.80. The van der Waals surface area contributed by atoms with E-state index in [0.29, 0.717) is 16.5 Å². The van der Waals surface area contributed by atoms with Gasteiger partial charge in [0.05, 0.1) is 0 Å². The van der Waals surface area contributed by atoms with Gasteiger partial charge in [0.15, 0.2) is 0 Å². The summed E-state index contributed by atoms with van der Waals surface area (Å²) >= 11 is 5.85. The van der Waals surface area contributed by atoms with Crippen LogP contribution in [0.15, 0.2) is 18.2 Å². The van der Waals surface area contributed by atoms with Crippen molar-refractivity contribution in [3.63, 3.8) is 0 Å². The summed E-state index contributed by atoms with van der Waals surface area (Å²) in [6.45, 7) is 0. The molecule has 0 amide bonds. The van der Waals surface area contributed by atoms with E-state index in [4.69, 9.17) is 17.3 Å². The summed E-state index contributed by atoms with van der Waals surface area (Å²) in [5.74, 6) is 0.462. The molecule has 0 radical (unpaired) electrons. The van der Waals surface area contributed by atoms with Gasteiger partial charge >= 0.3 is 0 Å². The third kappa shape index (κ3) is 2.50. The molecule has 2 nitrogen and oxygen atoms in total. The summed E-state index contributed by atoms with van der Waals surface area (Å²) in [7, 11) is -0.875. The van der Waals surface area contributed by atoms with E-state index in [1.165, 1.54) is 0 Å². The van der Waals surface area contributed by atoms with Crippen molar-refractivity contribution in [3.8, 4) is 0 Å². The lowest BCUT2D eigenvalue weighted by atomic mass is 10.2. The zero-order valence-electron chi connectivity index (χ0n) is 6.71. The molecule has 0 spiro atoms. The second kappa shape index (κ2) is 3.92. The minimum Gasteiger partial charge on any atom is -0.399 e. The number of anilines is 1. The normalized spacial score (nSPS) is 12.8. The van der Waals surface area contributed by atoms with Crippen LogP contribution in [0.2, 0.25) is 5.02 Å². The zero-order chi connectivity index (χ0) is 9.14. The van der Waals surface area contributed by atoms with Crippen LogP contribution in [0.4, 0.5) is 5.69 Å². The second-order valence-electron chi connectivity index (χ2n) is 2.57. The molecule has 0 saturated heterocycles. The molecule has 12 heavy (non-hydrogen) atoms.